The summed E-state index contributed by atoms with van der Waals surface area (Å²) >= 11 is 0. The Kier molecular flexibility index (Phi) is 8.88. The van der Waals surface area contributed by atoms with Gasteiger partial charge in [-0.25, -0.2) is 9.59 Å². The van der Waals surface area contributed by atoms with E-state index in [0.717, 1.165) is 7.11 Å². The molecule has 0 aliphatic heterocycles. The molecule has 0 heterocycles. The lowest BCUT2D eigenvalue weighted by Crippen LogP contribution is -2.37. The summed E-state index contributed by atoms with van der Waals surface area (Å²) in [6, 6.07) is 0. The molecule has 2 unspecified atom stereocenters. The van der Waals surface area contributed by atoms with Crippen LogP contribution in [0.4, 0.5) is 4.79 Å². The van der Waals surface area contributed by atoms with Gasteiger partial charge in [0.25, 0.3) is 0 Å². The van der Waals surface area contributed by atoms with Crippen molar-refractivity contribution in [2.45, 2.75) is 12.2 Å². The normalized spacial score (nSPS) is 13.1. The van der Waals surface area contributed by atoms with Crippen LogP contribution in [0.3, 0.4) is 0 Å². The highest BCUT2D eigenvalue weighted by Gasteiger charge is 2.23. The fourth-order valence-electron chi connectivity index (χ4n) is 0.378. The molecular weight excluding hydrogens is 200 g/mol. The number of carbonyl (C=O) groups excluding carboxylic acids is 1. The average molecular weight is 212 g/mol. The minimum atomic E-state index is -1.83. The van der Waals surface area contributed by atoms with Crippen molar-refractivity contribution in [3.63, 3.8) is 0 Å². The topological polar surface area (TPSA) is 145 Å². The van der Waals surface area contributed by atoms with Crippen molar-refractivity contribution in [2.75, 3.05) is 13.7 Å². The van der Waals surface area contributed by atoms with Gasteiger partial charge in [0.15, 0.2) is 6.10 Å². The number of ether oxygens (including phenoxy) is 1. The summed E-state index contributed by atoms with van der Waals surface area (Å²) in [5, 5.41) is 39.5. The maximum atomic E-state index is 10.4. The molecule has 0 rings (SSSR count). The number of esters is 1. The van der Waals surface area contributed by atoms with E-state index in [-0.39, 0.29) is 0 Å². The molecule has 0 aromatic rings. The zero-order valence-electron chi connectivity index (χ0n) is 7.32. The summed E-state index contributed by atoms with van der Waals surface area (Å²) < 4.78 is 4.07. The Balaban J connectivity index is 0. The van der Waals surface area contributed by atoms with E-state index >= 15 is 0 Å². The maximum Gasteiger partial charge on any atom is 0.503 e. The molecule has 0 aromatic heterocycles. The van der Waals surface area contributed by atoms with Crippen LogP contribution < -0.4 is 0 Å². The molecule has 8 nitrogen and oxygen atoms in total. The molecule has 0 aromatic carbocycles. The summed E-state index contributed by atoms with van der Waals surface area (Å²) in [6.45, 7) is -0.670. The van der Waals surface area contributed by atoms with E-state index in [0.29, 0.717) is 0 Å². The van der Waals surface area contributed by atoms with Crippen LogP contribution in [0.1, 0.15) is 0 Å². The van der Waals surface area contributed by atoms with Gasteiger partial charge in [-0.05, 0) is 0 Å². The quantitative estimate of drug-likeness (QED) is 0.341. The van der Waals surface area contributed by atoms with Crippen LogP contribution in [-0.2, 0) is 9.53 Å². The van der Waals surface area contributed by atoms with Gasteiger partial charge in [0, 0.05) is 0 Å². The van der Waals surface area contributed by atoms with Crippen LogP contribution in [-0.4, -0.2) is 63.6 Å². The Bertz CT molecular complexity index is 175. The molecular formula is C6H12O8. The van der Waals surface area contributed by atoms with Gasteiger partial charge >= 0.3 is 12.1 Å². The van der Waals surface area contributed by atoms with Crippen LogP contribution in [0.5, 0.6) is 0 Å². The van der Waals surface area contributed by atoms with Gasteiger partial charge in [0.05, 0.1) is 13.7 Å². The SMILES string of the molecule is COC(=O)C(O)C(O)CO.O=C(O)O. The molecule has 8 heteroatoms. The van der Waals surface area contributed by atoms with Crippen molar-refractivity contribution in [3.8, 4) is 0 Å². The Morgan fingerprint density at radius 3 is 1.86 bits per heavy atom. The second kappa shape index (κ2) is 8.23. The molecule has 0 aliphatic rings. The smallest absolute Gasteiger partial charge is 0.467 e. The van der Waals surface area contributed by atoms with Gasteiger partial charge in [0.1, 0.15) is 6.10 Å². The first kappa shape index (κ1) is 15.1. The van der Waals surface area contributed by atoms with Gasteiger partial charge in [-0.1, -0.05) is 0 Å². The number of rotatable bonds is 3. The Hall–Kier alpha value is -1.38. The van der Waals surface area contributed by atoms with E-state index in [1.807, 2.05) is 0 Å². The van der Waals surface area contributed by atoms with Crippen LogP contribution in [0, 0.1) is 0 Å². The molecule has 0 saturated heterocycles. The van der Waals surface area contributed by atoms with Crippen LogP contribution >= 0.6 is 0 Å². The molecule has 84 valence electrons. The standard InChI is InChI=1S/C5H10O5.CH2O3/c1-10-5(9)4(8)3(7)2-6;2-1(3)4/h3-4,6-8H,2H2,1H3;(H2,2,3,4). The average Bonchev–Trinajstić information content (AvgIpc) is 2.13. The molecule has 0 radical (unpaired) electrons. The zero-order chi connectivity index (χ0) is 11.7. The van der Waals surface area contributed by atoms with Gasteiger partial charge in [-0.3, -0.25) is 0 Å². The number of hydrogen-bond donors (Lipinski definition) is 5. The van der Waals surface area contributed by atoms with Crippen LogP contribution in [0.2, 0.25) is 0 Å². The highest BCUT2D eigenvalue weighted by Crippen LogP contribution is 1.93. The molecule has 0 amide bonds. The van der Waals surface area contributed by atoms with E-state index in [1.165, 1.54) is 0 Å². The minimum Gasteiger partial charge on any atom is -0.467 e. The van der Waals surface area contributed by atoms with Gasteiger partial charge in [-0.2, -0.15) is 0 Å². The molecule has 0 spiro atoms. The number of methoxy groups -OCH3 is 1. The van der Waals surface area contributed by atoms with E-state index < -0.39 is 30.9 Å². The predicted molar refractivity (Wildman–Crippen MR) is 41.8 cm³/mol. The number of carbonyl (C=O) groups is 2. The van der Waals surface area contributed by atoms with E-state index in [1.54, 1.807) is 0 Å². The Morgan fingerprint density at radius 2 is 1.64 bits per heavy atom. The van der Waals surface area contributed by atoms with Crippen molar-refractivity contribution in [1.29, 1.82) is 0 Å². The summed E-state index contributed by atoms with van der Waals surface area (Å²) in [7, 11) is 1.08. The first-order chi connectivity index (χ1) is 6.36. The Morgan fingerprint density at radius 1 is 1.29 bits per heavy atom. The number of aliphatic hydroxyl groups excluding tert-OH is 3. The number of aliphatic hydroxyl groups is 3. The third-order valence-corrected chi connectivity index (χ3v) is 0.994. The first-order valence-corrected chi connectivity index (χ1v) is 3.33. The van der Waals surface area contributed by atoms with Gasteiger partial charge in [0.2, 0.25) is 0 Å². The minimum absolute atomic E-state index is 0.670. The maximum absolute atomic E-state index is 10.4. The summed E-state index contributed by atoms with van der Waals surface area (Å²) in [5.41, 5.74) is 0. The fraction of sp³-hybridized carbons (Fsp3) is 0.667. The largest absolute Gasteiger partial charge is 0.503 e. The predicted octanol–water partition coefficient (Wildman–Crippen LogP) is -1.90. The number of hydrogen-bond acceptors (Lipinski definition) is 6. The van der Waals surface area contributed by atoms with Crippen molar-refractivity contribution >= 4 is 12.1 Å². The second-order valence-electron chi connectivity index (χ2n) is 2.00. The van der Waals surface area contributed by atoms with E-state index in [4.69, 9.17) is 30.3 Å². The molecule has 14 heavy (non-hydrogen) atoms. The summed E-state index contributed by atoms with van der Waals surface area (Å²) in [6.07, 6.45) is -4.96. The summed E-state index contributed by atoms with van der Waals surface area (Å²) in [4.78, 5) is 18.9. The van der Waals surface area contributed by atoms with Crippen LogP contribution in [0.15, 0.2) is 0 Å². The molecule has 0 bridgehead atoms. The van der Waals surface area contributed by atoms with Crippen LogP contribution in [0.25, 0.3) is 0 Å². The lowest BCUT2D eigenvalue weighted by atomic mass is 10.2. The molecule has 2 atom stereocenters. The molecule has 0 fully saturated rings. The van der Waals surface area contributed by atoms with Crippen molar-refractivity contribution in [3.05, 3.63) is 0 Å². The molecule has 0 saturated carbocycles. The van der Waals surface area contributed by atoms with Gasteiger partial charge < -0.3 is 30.3 Å². The molecule has 5 N–H and O–H groups in total. The highest BCUT2D eigenvalue weighted by molar-refractivity contribution is 5.74. The lowest BCUT2D eigenvalue weighted by molar-refractivity contribution is -0.158. The van der Waals surface area contributed by atoms with Gasteiger partial charge in [-0.15, -0.1) is 0 Å². The summed E-state index contributed by atoms with van der Waals surface area (Å²) in [5.74, 6) is -0.957. The first-order valence-electron chi connectivity index (χ1n) is 3.33. The second-order valence-corrected chi connectivity index (χ2v) is 2.00. The third kappa shape index (κ3) is 8.71. The monoisotopic (exact) mass is 212 g/mol. The van der Waals surface area contributed by atoms with Crippen molar-refractivity contribution in [1.82, 2.24) is 0 Å². The number of carboxylic acid groups (broad SMARTS) is 2. The Labute approximate surface area is 79.0 Å². The van der Waals surface area contributed by atoms with Crippen molar-refractivity contribution < 1.29 is 39.9 Å². The van der Waals surface area contributed by atoms with E-state index in [2.05, 4.69) is 4.74 Å². The molecule has 0 aliphatic carbocycles. The zero-order valence-corrected chi connectivity index (χ0v) is 7.32. The van der Waals surface area contributed by atoms with E-state index in [9.17, 15) is 4.79 Å². The third-order valence-electron chi connectivity index (χ3n) is 0.994. The highest BCUT2D eigenvalue weighted by atomic mass is 16.6. The lowest BCUT2D eigenvalue weighted by Gasteiger charge is -2.11. The van der Waals surface area contributed by atoms with Crippen molar-refractivity contribution in [2.24, 2.45) is 0 Å². The fourth-order valence-corrected chi connectivity index (χ4v) is 0.378.